The highest BCUT2D eigenvalue weighted by Crippen LogP contribution is 2.16. The highest BCUT2D eigenvalue weighted by Gasteiger charge is 2.17. The second kappa shape index (κ2) is 5.66. The molecule has 0 atom stereocenters. The van der Waals surface area contributed by atoms with Gasteiger partial charge in [-0.2, -0.15) is 4.98 Å². The quantitative estimate of drug-likeness (QED) is 0.853. The van der Waals surface area contributed by atoms with Gasteiger partial charge in [0.05, 0.1) is 6.54 Å². The van der Waals surface area contributed by atoms with Crippen molar-refractivity contribution in [3.63, 3.8) is 0 Å². The number of aryl methyl sites for hydroxylation is 1. The van der Waals surface area contributed by atoms with E-state index in [-0.39, 0.29) is 5.41 Å². The number of nitrogens with zero attached hydrogens (tertiary/aromatic N) is 5. The van der Waals surface area contributed by atoms with E-state index in [1.54, 1.807) is 6.20 Å². The topological polar surface area (TPSA) is 67.9 Å². The zero-order valence-electron chi connectivity index (χ0n) is 12.7. The molecule has 6 nitrogen and oxygen atoms in total. The molecule has 2 aromatic heterocycles. The van der Waals surface area contributed by atoms with E-state index in [2.05, 4.69) is 45.8 Å². The average Bonchev–Trinajstić information content (AvgIpc) is 2.74. The van der Waals surface area contributed by atoms with Crippen LogP contribution in [0.15, 0.2) is 16.8 Å². The van der Waals surface area contributed by atoms with Crippen molar-refractivity contribution in [2.75, 3.05) is 13.6 Å². The van der Waals surface area contributed by atoms with Gasteiger partial charge >= 0.3 is 0 Å². The Bertz CT molecular complexity index is 573. The SMILES string of the molecule is Cc1ccnc(-c2noc(CN(C)CC(C)(C)C)n2)n1. The van der Waals surface area contributed by atoms with Crippen LogP contribution in [0.4, 0.5) is 0 Å². The zero-order valence-corrected chi connectivity index (χ0v) is 12.7. The summed E-state index contributed by atoms with van der Waals surface area (Å²) in [5.41, 5.74) is 1.11. The second-order valence-corrected chi connectivity index (χ2v) is 6.27. The van der Waals surface area contributed by atoms with Crippen molar-refractivity contribution in [2.24, 2.45) is 5.41 Å². The third-order valence-corrected chi connectivity index (χ3v) is 2.61. The van der Waals surface area contributed by atoms with Crippen LogP contribution < -0.4 is 0 Å². The standard InChI is InChI=1S/C14H21N5O/c1-10-6-7-15-12(16-10)13-17-11(20-18-13)8-19(5)9-14(2,3)4/h6-7H,8-9H2,1-5H3. The van der Waals surface area contributed by atoms with Gasteiger partial charge in [0.2, 0.25) is 17.5 Å². The fraction of sp³-hybridized carbons (Fsp3) is 0.571. The summed E-state index contributed by atoms with van der Waals surface area (Å²) in [5, 5.41) is 3.94. The van der Waals surface area contributed by atoms with Crippen LogP contribution in [0.3, 0.4) is 0 Å². The minimum atomic E-state index is 0.233. The van der Waals surface area contributed by atoms with Crippen LogP contribution in [0.5, 0.6) is 0 Å². The van der Waals surface area contributed by atoms with Crippen molar-refractivity contribution in [1.82, 2.24) is 25.0 Å². The molecule has 0 aromatic carbocycles. The fourth-order valence-corrected chi connectivity index (χ4v) is 2.06. The summed E-state index contributed by atoms with van der Waals surface area (Å²) >= 11 is 0. The lowest BCUT2D eigenvalue weighted by molar-refractivity contribution is 0.198. The van der Waals surface area contributed by atoms with Crippen LogP contribution in [-0.2, 0) is 6.54 Å². The molecule has 2 rings (SSSR count). The molecule has 2 heterocycles. The first kappa shape index (κ1) is 14.6. The van der Waals surface area contributed by atoms with Gasteiger partial charge in [-0.15, -0.1) is 0 Å². The van der Waals surface area contributed by atoms with E-state index in [9.17, 15) is 0 Å². The van der Waals surface area contributed by atoms with Crippen molar-refractivity contribution in [1.29, 1.82) is 0 Å². The van der Waals surface area contributed by atoms with Gasteiger partial charge in [0.15, 0.2) is 0 Å². The van der Waals surface area contributed by atoms with Gasteiger partial charge < -0.3 is 4.52 Å². The van der Waals surface area contributed by atoms with Crippen molar-refractivity contribution in [3.8, 4) is 11.6 Å². The molecule has 0 saturated heterocycles. The van der Waals surface area contributed by atoms with Crippen LogP contribution in [0.2, 0.25) is 0 Å². The Hall–Kier alpha value is -1.82. The Kier molecular flexibility index (Phi) is 4.13. The molecule has 0 aliphatic rings. The van der Waals surface area contributed by atoms with Gasteiger partial charge in [-0.1, -0.05) is 25.9 Å². The summed E-state index contributed by atoms with van der Waals surface area (Å²) in [6.45, 7) is 10.1. The van der Waals surface area contributed by atoms with Crippen LogP contribution in [0.25, 0.3) is 11.6 Å². The maximum Gasteiger partial charge on any atom is 0.241 e. The summed E-state index contributed by atoms with van der Waals surface area (Å²) in [7, 11) is 2.04. The van der Waals surface area contributed by atoms with Crippen molar-refractivity contribution in [3.05, 3.63) is 23.8 Å². The highest BCUT2D eigenvalue weighted by atomic mass is 16.5. The first-order valence-corrected chi connectivity index (χ1v) is 6.65. The average molecular weight is 275 g/mol. The normalized spacial score (nSPS) is 12.1. The van der Waals surface area contributed by atoms with Gasteiger partial charge in [0.1, 0.15) is 0 Å². The zero-order chi connectivity index (χ0) is 14.8. The molecule has 0 radical (unpaired) electrons. The predicted molar refractivity (Wildman–Crippen MR) is 75.9 cm³/mol. The number of rotatable bonds is 4. The van der Waals surface area contributed by atoms with Crippen LogP contribution in [-0.4, -0.2) is 38.6 Å². The first-order chi connectivity index (χ1) is 9.33. The molecular weight excluding hydrogens is 254 g/mol. The molecule has 0 bridgehead atoms. The van der Waals surface area contributed by atoms with E-state index in [0.717, 1.165) is 12.2 Å². The second-order valence-electron chi connectivity index (χ2n) is 6.27. The summed E-state index contributed by atoms with van der Waals surface area (Å²) in [6.07, 6.45) is 1.69. The first-order valence-electron chi connectivity index (χ1n) is 6.65. The lowest BCUT2D eigenvalue weighted by atomic mass is 9.96. The van der Waals surface area contributed by atoms with E-state index in [0.29, 0.717) is 24.1 Å². The third-order valence-electron chi connectivity index (χ3n) is 2.61. The largest absolute Gasteiger partial charge is 0.337 e. The van der Waals surface area contributed by atoms with Crippen molar-refractivity contribution >= 4 is 0 Å². The monoisotopic (exact) mass is 275 g/mol. The molecule has 0 spiro atoms. The van der Waals surface area contributed by atoms with E-state index in [1.807, 2.05) is 20.0 Å². The number of hydrogen-bond donors (Lipinski definition) is 0. The van der Waals surface area contributed by atoms with Crippen LogP contribution >= 0.6 is 0 Å². The Labute approximate surface area is 119 Å². The molecule has 0 saturated carbocycles. The minimum Gasteiger partial charge on any atom is -0.337 e. The highest BCUT2D eigenvalue weighted by molar-refractivity contribution is 5.41. The lowest BCUT2D eigenvalue weighted by Crippen LogP contribution is -2.28. The maximum atomic E-state index is 5.26. The molecule has 0 amide bonds. The van der Waals surface area contributed by atoms with E-state index in [1.165, 1.54) is 0 Å². The van der Waals surface area contributed by atoms with E-state index < -0.39 is 0 Å². The maximum absolute atomic E-state index is 5.26. The smallest absolute Gasteiger partial charge is 0.241 e. The summed E-state index contributed by atoms with van der Waals surface area (Å²) in [6, 6.07) is 1.83. The number of hydrogen-bond acceptors (Lipinski definition) is 6. The molecule has 0 unspecified atom stereocenters. The molecule has 0 aliphatic carbocycles. The molecular formula is C14H21N5O. The Balaban J connectivity index is 2.06. The summed E-state index contributed by atoms with van der Waals surface area (Å²) in [5.74, 6) is 1.52. The van der Waals surface area contributed by atoms with Gasteiger partial charge in [-0.25, -0.2) is 9.97 Å². The Morgan fingerprint density at radius 1 is 1.20 bits per heavy atom. The van der Waals surface area contributed by atoms with Gasteiger partial charge in [-0.3, -0.25) is 4.90 Å². The number of aromatic nitrogens is 4. The summed E-state index contributed by atoms with van der Waals surface area (Å²) in [4.78, 5) is 14.9. The molecule has 6 heteroatoms. The molecule has 20 heavy (non-hydrogen) atoms. The Morgan fingerprint density at radius 3 is 2.60 bits per heavy atom. The molecule has 0 fully saturated rings. The fourth-order valence-electron chi connectivity index (χ4n) is 2.06. The molecule has 0 N–H and O–H groups in total. The van der Waals surface area contributed by atoms with Crippen molar-refractivity contribution in [2.45, 2.75) is 34.2 Å². The van der Waals surface area contributed by atoms with Crippen LogP contribution in [0.1, 0.15) is 32.4 Å². The molecule has 2 aromatic rings. The van der Waals surface area contributed by atoms with E-state index in [4.69, 9.17) is 4.52 Å². The van der Waals surface area contributed by atoms with Gasteiger partial charge in [-0.05, 0) is 25.5 Å². The van der Waals surface area contributed by atoms with Crippen molar-refractivity contribution < 1.29 is 4.52 Å². The third kappa shape index (κ3) is 4.09. The molecule has 108 valence electrons. The Morgan fingerprint density at radius 2 is 1.95 bits per heavy atom. The molecule has 0 aliphatic heterocycles. The lowest BCUT2D eigenvalue weighted by Gasteiger charge is -2.25. The predicted octanol–water partition coefficient (Wildman–Crippen LogP) is 2.31. The van der Waals surface area contributed by atoms with Crippen LogP contribution in [0, 0.1) is 12.3 Å². The summed E-state index contributed by atoms with van der Waals surface area (Å²) < 4.78 is 5.26. The van der Waals surface area contributed by atoms with Gasteiger partial charge in [0, 0.05) is 18.4 Å². The minimum absolute atomic E-state index is 0.233. The van der Waals surface area contributed by atoms with Gasteiger partial charge in [0.25, 0.3) is 0 Å². The van der Waals surface area contributed by atoms with E-state index >= 15 is 0 Å².